The Kier molecular flexibility index (Phi) is 3.27. The monoisotopic (exact) mass is 299 g/mol. The van der Waals surface area contributed by atoms with Crippen LogP contribution in [0.1, 0.15) is 54.9 Å². The lowest BCUT2D eigenvalue weighted by molar-refractivity contribution is -0.139. The summed E-state index contributed by atoms with van der Waals surface area (Å²) < 4.78 is 25.8. The van der Waals surface area contributed by atoms with Gasteiger partial charge < -0.3 is 5.11 Å². The number of fused-ring (bicyclic) bond motifs is 1. The van der Waals surface area contributed by atoms with Gasteiger partial charge in [-0.2, -0.15) is 5.10 Å². The van der Waals surface area contributed by atoms with Crippen LogP contribution in [0.15, 0.2) is 0 Å². The smallest absolute Gasteiger partial charge is 0.314 e. The van der Waals surface area contributed by atoms with Gasteiger partial charge in [0, 0.05) is 6.54 Å². The number of carboxylic acid groups (broad SMARTS) is 1. The molecule has 0 bridgehead atoms. The van der Waals surface area contributed by atoms with E-state index in [9.17, 15) is 18.3 Å². The number of hydrogen-bond donors (Lipinski definition) is 1. The van der Waals surface area contributed by atoms with E-state index in [1.165, 1.54) is 0 Å². The molecule has 0 saturated carbocycles. The molecule has 2 aliphatic rings. The van der Waals surface area contributed by atoms with Crippen LogP contribution in [0.5, 0.6) is 0 Å². The molecular formula is C12H17N3O4S. The predicted molar refractivity (Wildman–Crippen MR) is 70.0 cm³/mol. The van der Waals surface area contributed by atoms with Crippen LogP contribution in [0.4, 0.5) is 0 Å². The number of aromatic nitrogens is 3. The van der Waals surface area contributed by atoms with E-state index in [0.717, 1.165) is 12.8 Å². The average Bonchev–Trinajstić information content (AvgIpc) is 2.80. The molecule has 2 aliphatic heterocycles. The molecule has 1 aromatic rings. The van der Waals surface area contributed by atoms with Crippen molar-refractivity contribution in [2.24, 2.45) is 0 Å². The quantitative estimate of drug-likeness (QED) is 0.869. The van der Waals surface area contributed by atoms with Gasteiger partial charge in [-0.15, -0.1) is 0 Å². The second-order valence-corrected chi connectivity index (χ2v) is 7.74. The van der Waals surface area contributed by atoms with Gasteiger partial charge >= 0.3 is 5.97 Å². The standard InChI is InChI=1S/C12H17N3O4S/c16-12(17)8-4-3-6-15-11(8)13-10(14-15)9-5-1-2-7-20(9,18)19/h8-9H,1-7H2,(H,16,17). The highest BCUT2D eigenvalue weighted by molar-refractivity contribution is 7.91. The van der Waals surface area contributed by atoms with Crippen LogP contribution in [0, 0.1) is 0 Å². The summed E-state index contributed by atoms with van der Waals surface area (Å²) >= 11 is 0. The zero-order valence-corrected chi connectivity index (χ0v) is 11.8. The van der Waals surface area contributed by atoms with Gasteiger partial charge in [-0.05, 0) is 25.7 Å². The van der Waals surface area contributed by atoms with Crippen molar-refractivity contribution < 1.29 is 18.3 Å². The Morgan fingerprint density at radius 1 is 1.25 bits per heavy atom. The second-order valence-electron chi connectivity index (χ2n) is 5.44. The fourth-order valence-electron chi connectivity index (χ4n) is 2.98. The molecule has 0 spiro atoms. The first-order valence-corrected chi connectivity index (χ1v) is 8.59. The maximum absolute atomic E-state index is 12.1. The molecule has 7 nitrogen and oxygen atoms in total. The predicted octanol–water partition coefficient (Wildman–Crippen LogP) is 0.880. The molecule has 1 aromatic heterocycles. The Bertz CT molecular complexity index is 637. The van der Waals surface area contributed by atoms with Crippen LogP contribution in [0.25, 0.3) is 0 Å². The summed E-state index contributed by atoms with van der Waals surface area (Å²) in [4.78, 5) is 15.5. The van der Waals surface area contributed by atoms with Gasteiger partial charge in [-0.1, -0.05) is 6.42 Å². The molecule has 3 heterocycles. The zero-order chi connectivity index (χ0) is 14.3. The van der Waals surface area contributed by atoms with Gasteiger partial charge in [-0.25, -0.2) is 18.1 Å². The number of aryl methyl sites for hydroxylation is 1. The first kappa shape index (κ1) is 13.5. The molecule has 110 valence electrons. The van der Waals surface area contributed by atoms with E-state index >= 15 is 0 Å². The number of aliphatic carboxylic acids is 1. The summed E-state index contributed by atoms with van der Waals surface area (Å²) in [6, 6.07) is 0. The number of rotatable bonds is 2. The van der Waals surface area contributed by atoms with E-state index in [1.54, 1.807) is 4.68 Å². The molecule has 0 aliphatic carbocycles. The summed E-state index contributed by atoms with van der Waals surface area (Å²) in [5.74, 6) is -0.732. The molecule has 1 fully saturated rings. The molecular weight excluding hydrogens is 282 g/mol. The fourth-order valence-corrected chi connectivity index (χ4v) is 4.82. The van der Waals surface area contributed by atoms with E-state index in [0.29, 0.717) is 31.6 Å². The Balaban J connectivity index is 1.99. The van der Waals surface area contributed by atoms with E-state index in [-0.39, 0.29) is 11.6 Å². The summed E-state index contributed by atoms with van der Waals surface area (Å²) in [5.41, 5.74) is 0. The van der Waals surface area contributed by atoms with Crippen LogP contribution in [0.3, 0.4) is 0 Å². The van der Waals surface area contributed by atoms with E-state index in [1.807, 2.05) is 0 Å². The molecule has 8 heteroatoms. The van der Waals surface area contributed by atoms with Crippen molar-refractivity contribution in [2.45, 2.75) is 49.8 Å². The van der Waals surface area contributed by atoms with Crippen molar-refractivity contribution in [2.75, 3.05) is 5.75 Å². The van der Waals surface area contributed by atoms with Crippen molar-refractivity contribution >= 4 is 15.8 Å². The molecule has 0 amide bonds. The third kappa shape index (κ3) is 2.21. The van der Waals surface area contributed by atoms with Crippen LogP contribution in [0.2, 0.25) is 0 Å². The zero-order valence-electron chi connectivity index (χ0n) is 11.0. The van der Waals surface area contributed by atoms with Crippen molar-refractivity contribution in [3.63, 3.8) is 0 Å². The summed E-state index contributed by atoms with van der Waals surface area (Å²) in [6.07, 6.45) is 3.32. The van der Waals surface area contributed by atoms with Gasteiger partial charge in [0.2, 0.25) is 0 Å². The van der Waals surface area contributed by atoms with Crippen molar-refractivity contribution in [3.8, 4) is 0 Å². The van der Waals surface area contributed by atoms with Crippen LogP contribution < -0.4 is 0 Å². The van der Waals surface area contributed by atoms with Crippen molar-refractivity contribution in [1.82, 2.24) is 14.8 Å². The number of hydrogen-bond acceptors (Lipinski definition) is 5. The Morgan fingerprint density at radius 2 is 2.05 bits per heavy atom. The number of carboxylic acids is 1. The summed E-state index contributed by atoms with van der Waals surface area (Å²) in [6.45, 7) is 0.610. The lowest BCUT2D eigenvalue weighted by Gasteiger charge is -2.19. The van der Waals surface area contributed by atoms with Gasteiger partial charge in [0.1, 0.15) is 17.0 Å². The Labute approximate surface area is 116 Å². The van der Waals surface area contributed by atoms with Crippen LogP contribution >= 0.6 is 0 Å². The lowest BCUT2D eigenvalue weighted by atomic mass is 10.00. The highest BCUT2D eigenvalue weighted by atomic mass is 32.2. The number of carbonyl (C=O) groups is 1. The lowest BCUT2D eigenvalue weighted by Crippen LogP contribution is -2.22. The van der Waals surface area contributed by atoms with E-state index < -0.39 is 27.0 Å². The highest BCUT2D eigenvalue weighted by Gasteiger charge is 2.36. The third-order valence-electron chi connectivity index (χ3n) is 4.06. The largest absolute Gasteiger partial charge is 0.481 e. The fraction of sp³-hybridized carbons (Fsp3) is 0.750. The van der Waals surface area contributed by atoms with E-state index in [2.05, 4.69) is 10.1 Å². The van der Waals surface area contributed by atoms with Crippen molar-refractivity contribution in [3.05, 3.63) is 11.6 Å². The maximum atomic E-state index is 12.1. The first-order valence-electron chi connectivity index (χ1n) is 6.88. The van der Waals surface area contributed by atoms with Gasteiger partial charge in [0.15, 0.2) is 15.7 Å². The minimum Gasteiger partial charge on any atom is -0.481 e. The molecule has 2 atom stereocenters. The molecule has 2 unspecified atom stereocenters. The molecule has 1 saturated heterocycles. The number of sulfone groups is 1. The van der Waals surface area contributed by atoms with Gasteiger partial charge in [-0.3, -0.25) is 4.79 Å². The molecule has 0 radical (unpaired) electrons. The Hall–Kier alpha value is -1.44. The summed E-state index contributed by atoms with van der Waals surface area (Å²) in [7, 11) is -3.20. The maximum Gasteiger partial charge on any atom is 0.314 e. The first-order chi connectivity index (χ1) is 9.49. The van der Waals surface area contributed by atoms with E-state index in [4.69, 9.17) is 0 Å². The summed E-state index contributed by atoms with van der Waals surface area (Å²) in [5, 5.41) is 12.8. The normalized spacial score (nSPS) is 28.8. The highest BCUT2D eigenvalue weighted by Crippen LogP contribution is 2.34. The second kappa shape index (κ2) is 4.83. The van der Waals surface area contributed by atoms with Crippen LogP contribution in [-0.4, -0.2) is 40.0 Å². The minimum absolute atomic E-state index is 0.171. The molecule has 1 N–H and O–H groups in total. The topological polar surface area (TPSA) is 102 Å². The van der Waals surface area contributed by atoms with Crippen LogP contribution in [-0.2, 0) is 21.2 Å². The SMILES string of the molecule is O=C(O)C1CCCn2nc(C3CCCCS3(=O)=O)nc21. The van der Waals surface area contributed by atoms with Gasteiger partial charge in [0.05, 0.1) is 5.75 Å². The Morgan fingerprint density at radius 3 is 2.75 bits per heavy atom. The van der Waals surface area contributed by atoms with Gasteiger partial charge in [0.25, 0.3) is 0 Å². The number of nitrogens with zero attached hydrogens (tertiary/aromatic N) is 3. The van der Waals surface area contributed by atoms with Crippen molar-refractivity contribution in [1.29, 1.82) is 0 Å². The molecule has 3 rings (SSSR count). The average molecular weight is 299 g/mol. The molecule has 0 aromatic carbocycles. The third-order valence-corrected chi connectivity index (χ3v) is 6.23. The minimum atomic E-state index is -3.20. The molecule has 20 heavy (non-hydrogen) atoms.